The Hall–Kier alpha value is -1.52. The summed E-state index contributed by atoms with van der Waals surface area (Å²) in [6.07, 6.45) is 1.29. The predicted octanol–water partition coefficient (Wildman–Crippen LogP) is 2.68. The second-order valence-corrected chi connectivity index (χ2v) is 3.94. The summed E-state index contributed by atoms with van der Waals surface area (Å²) in [4.78, 5) is 10.9. The zero-order valence-corrected chi connectivity index (χ0v) is 8.21. The van der Waals surface area contributed by atoms with E-state index in [0.29, 0.717) is 18.9 Å². The molecule has 1 aromatic carbocycles. The van der Waals surface area contributed by atoms with Crippen molar-refractivity contribution in [3.8, 4) is 0 Å². The minimum atomic E-state index is -1.35. The average Bonchev–Trinajstić information content (AvgIpc) is 2.97. The van der Waals surface area contributed by atoms with Crippen molar-refractivity contribution in [3.05, 3.63) is 35.1 Å². The van der Waals surface area contributed by atoms with Crippen LogP contribution in [0.2, 0.25) is 0 Å². The van der Waals surface area contributed by atoms with Gasteiger partial charge in [-0.3, -0.25) is 4.79 Å². The van der Waals surface area contributed by atoms with Crippen molar-refractivity contribution in [1.29, 1.82) is 0 Å². The third-order valence-corrected chi connectivity index (χ3v) is 2.72. The zero-order chi connectivity index (χ0) is 11.9. The van der Waals surface area contributed by atoms with Gasteiger partial charge in [0.15, 0.2) is 11.6 Å². The van der Waals surface area contributed by atoms with Crippen LogP contribution in [0.3, 0.4) is 0 Å². The first kappa shape index (κ1) is 11.0. The van der Waals surface area contributed by atoms with Gasteiger partial charge in [-0.2, -0.15) is 0 Å². The van der Waals surface area contributed by atoms with Crippen LogP contribution in [0.1, 0.15) is 24.3 Å². The van der Waals surface area contributed by atoms with Crippen LogP contribution in [0, 0.1) is 23.4 Å². The smallest absolute Gasteiger partial charge is 0.311 e. The second-order valence-electron chi connectivity index (χ2n) is 3.94. The molecule has 5 heteroatoms. The van der Waals surface area contributed by atoms with Crippen molar-refractivity contribution in [3.63, 3.8) is 0 Å². The van der Waals surface area contributed by atoms with Crippen molar-refractivity contribution in [1.82, 2.24) is 0 Å². The third-order valence-electron chi connectivity index (χ3n) is 2.72. The minimum Gasteiger partial charge on any atom is -0.481 e. The number of halogens is 3. The molecule has 1 aliphatic carbocycles. The SMILES string of the molecule is O=C(O)C(c1cc(F)cc(F)c1F)C1CC1. The molecule has 0 bridgehead atoms. The van der Waals surface area contributed by atoms with Crippen molar-refractivity contribution >= 4 is 5.97 Å². The molecule has 1 aliphatic rings. The summed E-state index contributed by atoms with van der Waals surface area (Å²) in [5.41, 5.74) is -0.396. The Morgan fingerprint density at radius 1 is 1.31 bits per heavy atom. The molecule has 0 amide bonds. The standard InChI is InChI=1S/C11H9F3O2/c12-6-3-7(10(14)8(13)4-6)9(11(15)16)5-1-2-5/h3-5,9H,1-2H2,(H,15,16). The Bertz CT molecular complexity index is 441. The average molecular weight is 230 g/mol. The van der Waals surface area contributed by atoms with Crippen LogP contribution in [-0.4, -0.2) is 11.1 Å². The molecule has 16 heavy (non-hydrogen) atoms. The molecule has 0 heterocycles. The summed E-state index contributed by atoms with van der Waals surface area (Å²) in [6, 6.07) is 1.17. The number of hydrogen-bond donors (Lipinski definition) is 1. The lowest BCUT2D eigenvalue weighted by molar-refractivity contribution is -0.139. The number of hydrogen-bond acceptors (Lipinski definition) is 1. The molecule has 2 nitrogen and oxygen atoms in total. The highest BCUT2D eigenvalue weighted by atomic mass is 19.2. The Morgan fingerprint density at radius 3 is 2.44 bits per heavy atom. The normalized spacial score (nSPS) is 17.2. The van der Waals surface area contributed by atoms with Gasteiger partial charge in [0.05, 0.1) is 5.92 Å². The fourth-order valence-electron chi connectivity index (χ4n) is 1.82. The molecule has 2 rings (SSSR count). The topological polar surface area (TPSA) is 37.3 Å². The summed E-state index contributed by atoms with van der Waals surface area (Å²) < 4.78 is 39.2. The maximum absolute atomic E-state index is 13.4. The molecular weight excluding hydrogens is 221 g/mol. The van der Waals surface area contributed by atoms with Gasteiger partial charge in [-0.25, -0.2) is 13.2 Å². The van der Waals surface area contributed by atoms with Gasteiger partial charge in [-0.1, -0.05) is 0 Å². The summed E-state index contributed by atoms with van der Waals surface area (Å²) in [5.74, 6) is -6.17. The first-order valence-corrected chi connectivity index (χ1v) is 4.88. The minimum absolute atomic E-state index is 0.215. The van der Waals surface area contributed by atoms with Gasteiger partial charge in [0.1, 0.15) is 5.82 Å². The zero-order valence-electron chi connectivity index (χ0n) is 8.21. The Morgan fingerprint density at radius 2 is 1.94 bits per heavy atom. The number of aliphatic carboxylic acids is 1. The first-order chi connectivity index (χ1) is 7.50. The Balaban J connectivity index is 2.48. The van der Waals surface area contributed by atoms with Crippen molar-refractivity contribution in [2.24, 2.45) is 5.92 Å². The van der Waals surface area contributed by atoms with Crippen LogP contribution in [0.15, 0.2) is 12.1 Å². The lowest BCUT2D eigenvalue weighted by atomic mass is 9.93. The molecular formula is C11H9F3O2. The molecule has 0 saturated heterocycles. The van der Waals surface area contributed by atoms with E-state index in [4.69, 9.17) is 5.11 Å². The molecule has 1 atom stereocenters. The van der Waals surface area contributed by atoms with Gasteiger partial charge in [0.25, 0.3) is 0 Å². The molecule has 1 N–H and O–H groups in total. The van der Waals surface area contributed by atoms with Crippen LogP contribution in [0.25, 0.3) is 0 Å². The van der Waals surface area contributed by atoms with E-state index in [9.17, 15) is 18.0 Å². The van der Waals surface area contributed by atoms with Crippen LogP contribution < -0.4 is 0 Å². The van der Waals surface area contributed by atoms with Gasteiger partial charge >= 0.3 is 5.97 Å². The van der Waals surface area contributed by atoms with E-state index in [1.54, 1.807) is 0 Å². The van der Waals surface area contributed by atoms with Crippen LogP contribution in [0.5, 0.6) is 0 Å². The maximum Gasteiger partial charge on any atom is 0.311 e. The van der Waals surface area contributed by atoms with Gasteiger partial charge in [-0.15, -0.1) is 0 Å². The molecule has 0 spiro atoms. The summed E-state index contributed by atoms with van der Waals surface area (Å²) >= 11 is 0. The van der Waals surface area contributed by atoms with Crippen LogP contribution >= 0.6 is 0 Å². The van der Waals surface area contributed by atoms with Crippen LogP contribution in [-0.2, 0) is 4.79 Å². The molecule has 86 valence electrons. The number of carbonyl (C=O) groups is 1. The molecule has 1 fully saturated rings. The largest absolute Gasteiger partial charge is 0.481 e. The maximum atomic E-state index is 13.4. The number of carboxylic acids is 1. The van der Waals surface area contributed by atoms with Gasteiger partial charge < -0.3 is 5.11 Å². The van der Waals surface area contributed by atoms with E-state index in [0.717, 1.165) is 6.07 Å². The van der Waals surface area contributed by atoms with Crippen LogP contribution in [0.4, 0.5) is 13.2 Å². The van der Waals surface area contributed by atoms with E-state index in [-0.39, 0.29) is 5.92 Å². The monoisotopic (exact) mass is 230 g/mol. The highest BCUT2D eigenvalue weighted by Crippen LogP contribution is 2.43. The number of carboxylic acid groups (broad SMARTS) is 1. The van der Waals surface area contributed by atoms with Crippen molar-refractivity contribution in [2.45, 2.75) is 18.8 Å². The summed E-state index contributed by atoms with van der Waals surface area (Å²) in [5, 5.41) is 8.93. The van der Waals surface area contributed by atoms with Crippen molar-refractivity contribution < 1.29 is 23.1 Å². The first-order valence-electron chi connectivity index (χ1n) is 4.88. The fourth-order valence-corrected chi connectivity index (χ4v) is 1.82. The molecule has 0 radical (unpaired) electrons. The quantitative estimate of drug-likeness (QED) is 0.810. The molecule has 0 aromatic heterocycles. The third kappa shape index (κ3) is 1.89. The summed E-state index contributed by atoms with van der Waals surface area (Å²) in [7, 11) is 0. The van der Waals surface area contributed by atoms with E-state index in [1.807, 2.05) is 0 Å². The van der Waals surface area contributed by atoms with Gasteiger partial charge in [0.2, 0.25) is 0 Å². The Kier molecular flexibility index (Phi) is 2.61. The molecule has 1 unspecified atom stereocenters. The van der Waals surface area contributed by atoms with Crippen molar-refractivity contribution in [2.75, 3.05) is 0 Å². The van der Waals surface area contributed by atoms with Gasteiger partial charge in [-0.05, 0) is 24.8 Å². The van der Waals surface area contributed by atoms with E-state index >= 15 is 0 Å². The highest BCUT2D eigenvalue weighted by Gasteiger charge is 2.39. The van der Waals surface area contributed by atoms with E-state index in [2.05, 4.69) is 0 Å². The van der Waals surface area contributed by atoms with E-state index in [1.165, 1.54) is 0 Å². The lowest BCUT2D eigenvalue weighted by Crippen LogP contribution is -2.16. The number of rotatable bonds is 3. The fraction of sp³-hybridized carbons (Fsp3) is 0.364. The molecule has 1 aromatic rings. The highest BCUT2D eigenvalue weighted by molar-refractivity contribution is 5.77. The Labute approximate surface area is 89.7 Å². The van der Waals surface area contributed by atoms with E-state index < -0.39 is 34.9 Å². The lowest BCUT2D eigenvalue weighted by Gasteiger charge is -2.12. The summed E-state index contributed by atoms with van der Waals surface area (Å²) in [6.45, 7) is 0. The predicted molar refractivity (Wildman–Crippen MR) is 49.4 cm³/mol. The van der Waals surface area contributed by atoms with Gasteiger partial charge in [0, 0.05) is 11.6 Å². The molecule has 1 saturated carbocycles. The molecule has 0 aliphatic heterocycles. The number of benzene rings is 1. The second kappa shape index (κ2) is 3.81.